The average molecular weight is 399 g/mol. The van der Waals surface area contributed by atoms with E-state index in [1.165, 1.54) is 0 Å². The lowest BCUT2D eigenvalue weighted by molar-refractivity contribution is 0.475. The number of hydrogen-bond donors (Lipinski definition) is 0. The molecule has 0 radical (unpaired) electrons. The Morgan fingerprint density at radius 1 is 0.793 bits per heavy atom. The van der Waals surface area contributed by atoms with Crippen LogP contribution in [-0.2, 0) is 0 Å². The van der Waals surface area contributed by atoms with Gasteiger partial charge in [-0.05, 0) is 42.0 Å². The first kappa shape index (κ1) is 17.8. The fourth-order valence-electron chi connectivity index (χ4n) is 3.69. The highest BCUT2D eigenvalue weighted by Crippen LogP contribution is 2.39. The second kappa shape index (κ2) is 7.61. The van der Waals surface area contributed by atoms with E-state index in [4.69, 9.17) is 21.1 Å². The molecule has 0 saturated carbocycles. The molecular formula is C25H19ClN2O. The van der Waals surface area contributed by atoms with Gasteiger partial charge in [0.15, 0.2) is 0 Å². The number of benzene rings is 3. The maximum absolute atomic E-state index is 6.36. The third-order valence-electron chi connectivity index (χ3n) is 5.13. The van der Waals surface area contributed by atoms with Gasteiger partial charge in [0.05, 0.1) is 16.4 Å². The van der Waals surface area contributed by atoms with Crippen LogP contribution in [-0.4, -0.2) is 5.71 Å². The molecule has 0 amide bonds. The number of anilines is 1. The maximum atomic E-state index is 6.36. The van der Waals surface area contributed by atoms with Gasteiger partial charge in [0.2, 0.25) is 0 Å². The summed E-state index contributed by atoms with van der Waals surface area (Å²) in [6.07, 6.45) is 0.772. The van der Waals surface area contributed by atoms with Crippen LogP contribution in [0.15, 0.2) is 107 Å². The van der Waals surface area contributed by atoms with Crippen molar-refractivity contribution in [3.63, 3.8) is 0 Å². The van der Waals surface area contributed by atoms with E-state index in [9.17, 15) is 0 Å². The van der Waals surface area contributed by atoms with Gasteiger partial charge in [-0.3, -0.25) is 5.01 Å². The molecule has 1 atom stereocenters. The summed E-state index contributed by atoms with van der Waals surface area (Å²) in [5, 5.41) is 7.68. The van der Waals surface area contributed by atoms with Crippen LogP contribution in [0.1, 0.15) is 23.8 Å². The molecule has 4 heteroatoms. The van der Waals surface area contributed by atoms with E-state index in [1.54, 1.807) is 0 Å². The predicted molar refractivity (Wildman–Crippen MR) is 118 cm³/mol. The third kappa shape index (κ3) is 3.45. The molecule has 1 aliphatic heterocycles. The summed E-state index contributed by atoms with van der Waals surface area (Å²) < 4.78 is 6.27. The van der Waals surface area contributed by atoms with Gasteiger partial charge in [-0.1, -0.05) is 72.3 Å². The summed E-state index contributed by atoms with van der Waals surface area (Å²) in [7, 11) is 0. The van der Waals surface area contributed by atoms with Crippen molar-refractivity contribution in [1.82, 2.24) is 0 Å². The van der Waals surface area contributed by atoms with E-state index in [0.717, 1.165) is 40.5 Å². The number of rotatable bonds is 4. The first-order valence-corrected chi connectivity index (χ1v) is 9.99. The Morgan fingerprint density at radius 2 is 1.48 bits per heavy atom. The quantitative estimate of drug-likeness (QED) is 0.372. The van der Waals surface area contributed by atoms with Crippen LogP contribution in [0.3, 0.4) is 0 Å². The molecule has 1 aliphatic rings. The van der Waals surface area contributed by atoms with Gasteiger partial charge in [0, 0.05) is 12.0 Å². The minimum absolute atomic E-state index is 0.0103. The van der Waals surface area contributed by atoms with Crippen LogP contribution < -0.4 is 5.01 Å². The van der Waals surface area contributed by atoms with Gasteiger partial charge < -0.3 is 4.42 Å². The van der Waals surface area contributed by atoms with E-state index < -0.39 is 0 Å². The maximum Gasteiger partial charge on any atom is 0.135 e. The lowest BCUT2D eigenvalue weighted by Crippen LogP contribution is -2.17. The van der Waals surface area contributed by atoms with Crippen molar-refractivity contribution in [2.45, 2.75) is 12.5 Å². The zero-order valence-corrected chi connectivity index (χ0v) is 16.5. The van der Waals surface area contributed by atoms with Gasteiger partial charge in [-0.2, -0.15) is 5.10 Å². The molecule has 0 aliphatic carbocycles. The van der Waals surface area contributed by atoms with Crippen LogP contribution >= 0.6 is 11.6 Å². The number of hydrogen-bond acceptors (Lipinski definition) is 3. The smallest absolute Gasteiger partial charge is 0.135 e. The van der Waals surface area contributed by atoms with E-state index in [2.05, 4.69) is 29.3 Å². The minimum Gasteiger partial charge on any atom is -0.459 e. The summed E-state index contributed by atoms with van der Waals surface area (Å²) in [6.45, 7) is 0. The van der Waals surface area contributed by atoms with E-state index in [0.29, 0.717) is 5.02 Å². The average Bonchev–Trinajstić information content (AvgIpc) is 3.43. The Morgan fingerprint density at radius 3 is 2.24 bits per heavy atom. The van der Waals surface area contributed by atoms with Crippen LogP contribution in [0, 0.1) is 0 Å². The van der Waals surface area contributed by atoms with Gasteiger partial charge >= 0.3 is 0 Å². The monoisotopic (exact) mass is 398 g/mol. The lowest BCUT2D eigenvalue weighted by atomic mass is 10.0. The molecule has 3 nitrogen and oxygen atoms in total. The van der Waals surface area contributed by atoms with Gasteiger partial charge in [0.1, 0.15) is 17.6 Å². The summed E-state index contributed by atoms with van der Waals surface area (Å²) in [4.78, 5) is 0. The highest BCUT2D eigenvalue weighted by Gasteiger charge is 2.32. The zero-order chi connectivity index (χ0) is 19.6. The second-order valence-corrected chi connectivity index (χ2v) is 7.40. The Balaban J connectivity index is 1.53. The third-order valence-corrected chi connectivity index (χ3v) is 5.46. The summed E-state index contributed by atoms with van der Waals surface area (Å²) in [5.41, 5.74) is 4.12. The van der Waals surface area contributed by atoms with Gasteiger partial charge in [0.25, 0.3) is 0 Å². The molecule has 2 heterocycles. The van der Waals surface area contributed by atoms with E-state index >= 15 is 0 Å². The predicted octanol–water partition coefficient (Wildman–Crippen LogP) is 6.96. The van der Waals surface area contributed by atoms with Gasteiger partial charge in [-0.15, -0.1) is 0 Å². The van der Waals surface area contributed by atoms with Crippen molar-refractivity contribution in [2.75, 3.05) is 5.01 Å². The first-order chi connectivity index (χ1) is 14.3. The van der Waals surface area contributed by atoms with Crippen molar-refractivity contribution < 1.29 is 4.42 Å². The molecule has 1 aromatic heterocycles. The molecule has 0 saturated heterocycles. The standard InChI is InChI=1S/C25H19ClN2O/c26-21-14-8-7-13-20(21)24-15-16-25(29-24)23-17-22(18-9-3-1-4-10-18)27-28(23)19-11-5-2-6-12-19/h1-16,23H,17H2/t23-/m1/s1. The van der Waals surface area contributed by atoms with Crippen molar-refractivity contribution in [2.24, 2.45) is 5.10 Å². The number of hydrazone groups is 1. The molecule has 3 aromatic carbocycles. The number of para-hydroxylation sites is 1. The summed E-state index contributed by atoms with van der Waals surface area (Å²) in [5.74, 6) is 1.64. The van der Waals surface area contributed by atoms with E-state index in [1.807, 2.05) is 72.8 Å². The zero-order valence-electron chi connectivity index (χ0n) is 15.7. The minimum atomic E-state index is -0.0103. The number of nitrogens with zero attached hydrogens (tertiary/aromatic N) is 2. The van der Waals surface area contributed by atoms with Crippen molar-refractivity contribution in [3.8, 4) is 11.3 Å². The van der Waals surface area contributed by atoms with Crippen LogP contribution in [0.25, 0.3) is 11.3 Å². The molecule has 0 bridgehead atoms. The SMILES string of the molecule is Clc1ccccc1-c1ccc([C@H]2CC(c3ccccc3)=NN2c2ccccc2)o1. The Labute approximate surface area is 174 Å². The van der Waals surface area contributed by atoms with Gasteiger partial charge in [-0.25, -0.2) is 0 Å². The molecule has 0 fully saturated rings. The normalized spacial score (nSPS) is 16.1. The topological polar surface area (TPSA) is 28.7 Å². The second-order valence-electron chi connectivity index (χ2n) is 6.99. The summed E-state index contributed by atoms with van der Waals surface area (Å²) in [6, 6.07) is 32.3. The highest BCUT2D eigenvalue weighted by atomic mass is 35.5. The summed E-state index contributed by atoms with van der Waals surface area (Å²) >= 11 is 6.36. The van der Waals surface area contributed by atoms with Crippen LogP contribution in [0.5, 0.6) is 0 Å². The molecule has 142 valence electrons. The van der Waals surface area contributed by atoms with Crippen LogP contribution in [0.4, 0.5) is 5.69 Å². The molecule has 0 spiro atoms. The van der Waals surface area contributed by atoms with Crippen molar-refractivity contribution in [1.29, 1.82) is 0 Å². The van der Waals surface area contributed by atoms with E-state index in [-0.39, 0.29) is 6.04 Å². The molecule has 0 N–H and O–H groups in total. The van der Waals surface area contributed by atoms with Crippen LogP contribution in [0.2, 0.25) is 5.02 Å². The fraction of sp³-hybridized carbons (Fsp3) is 0.0800. The largest absolute Gasteiger partial charge is 0.459 e. The molecule has 0 unspecified atom stereocenters. The molecule has 4 aromatic rings. The Hall–Kier alpha value is -3.30. The Bertz CT molecular complexity index is 1150. The molecule has 29 heavy (non-hydrogen) atoms. The Kier molecular flexibility index (Phi) is 4.66. The number of halogens is 1. The molecular weight excluding hydrogens is 380 g/mol. The fourth-order valence-corrected chi connectivity index (χ4v) is 3.92. The van der Waals surface area contributed by atoms with Crippen molar-refractivity contribution >= 4 is 23.0 Å². The lowest BCUT2D eigenvalue weighted by Gasteiger charge is -2.21. The molecule has 5 rings (SSSR count). The van der Waals surface area contributed by atoms with Crippen molar-refractivity contribution in [3.05, 3.63) is 113 Å². The highest BCUT2D eigenvalue weighted by molar-refractivity contribution is 6.33. The first-order valence-electron chi connectivity index (χ1n) is 9.61. The number of furan rings is 1.